The van der Waals surface area contributed by atoms with Crippen molar-refractivity contribution in [2.45, 2.75) is 92.1 Å². The first-order valence-electron chi connectivity index (χ1n) is 11.4. The lowest BCUT2D eigenvalue weighted by atomic mass is 9.84. The molecule has 2 saturated heterocycles. The largest absolute Gasteiger partial charge is 0.394 e. The van der Waals surface area contributed by atoms with E-state index in [9.17, 15) is 25.5 Å². The van der Waals surface area contributed by atoms with Crippen molar-refractivity contribution in [2.75, 3.05) is 26.3 Å². The average molecular weight is 498 g/mol. The molecule has 15 heteroatoms. The molecular formula is C19H39N5O10. The highest BCUT2D eigenvalue weighted by atomic mass is 16.7. The molecule has 0 bridgehead atoms. The van der Waals surface area contributed by atoms with Crippen LogP contribution in [0.5, 0.6) is 0 Å². The van der Waals surface area contributed by atoms with Crippen LogP contribution in [0.25, 0.3) is 0 Å². The molecule has 1 saturated carbocycles. The standard InChI is InChI=1S/C19H39N5O10/c20-1-2-30-16-9(5-25)32-19(14(16)29)34-17-11(26)6(22)3-7(23)15(17)33-18-10(24)13(28)12(27)8(4-21)31-18/h6-19,25-29H,1-5,20-24H2/t6-,7+,8-,9-,10-,11+,12-,13-,14-,15-,16-,17-,18-,19+/m1/s1. The van der Waals surface area contributed by atoms with Crippen LogP contribution in [0, 0.1) is 0 Å². The molecule has 2 aliphatic heterocycles. The van der Waals surface area contributed by atoms with E-state index in [1.54, 1.807) is 0 Å². The van der Waals surface area contributed by atoms with E-state index in [1.165, 1.54) is 0 Å². The van der Waals surface area contributed by atoms with Crippen molar-refractivity contribution in [3.63, 3.8) is 0 Å². The molecule has 3 aliphatic rings. The number of nitrogens with two attached hydrogens (primary N) is 5. The molecule has 0 aromatic carbocycles. The van der Waals surface area contributed by atoms with Gasteiger partial charge in [0, 0.05) is 25.2 Å². The summed E-state index contributed by atoms with van der Waals surface area (Å²) in [5.41, 5.74) is 29.3. The summed E-state index contributed by atoms with van der Waals surface area (Å²) < 4.78 is 28.5. The Balaban J connectivity index is 1.77. The van der Waals surface area contributed by atoms with E-state index in [0.29, 0.717) is 0 Å². The van der Waals surface area contributed by atoms with Crippen molar-refractivity contribution >= 4 is 0 Å². The SMILES string of the molecule is NCCO[C@H]1[C@@H](O)[C@H](O[C@@H]2[C@@H](O)[C@H](N)C[C@H](N)[C@H]2O[C@H]2O[C@H](CN)[C@@H](O)[C@H](O)[C@H]2N)O[C@@H]1CO. The van der Waals surface area contributed by atoms with Crippen molar-refractivity contribution in [3.8, 4) is 0 Å². The highest BCUT2D eigenvalue weighted by Crippen LogP contribution is 2.32. The maximum Gasteiger partial charge on any atom is 0.187 e. The summed E-state index contributed by atoms with van der Waals surface area (Å²) in [6.07, 6.45) is -12.7. The molecule has 200 valence electrons. The molecule has 0 unspecified atom stereocenters. The van der Waals surface area contributed by atoms with Gasteiger partial charge in [-0.05, 0) is 6.42 Å². The third-order valence-electron chi connectivity index (χ3n) is 6.53. The molecule has 3 rings (SSSR count). The van der Waals surface area contributed by atoms with Gasteiger partial charge in [0.1, 0.15) is 48.8 Å². The first-order chi connectivity index (χ1) is 16.1. The van der Waals surface area contributed by atoms with Crippen LogP contribution in [0.4, 0.5) is 0 Å². The highest BCUT2D eigenvalue weighted by Gasteiger charge is 2.52. The van der Waals surface area contributed by atoms with Gasteiger partial charge in [-0.15, -0.1) is 0 Å². The van der Waals surface area contributed by atoms with Gasteiger partial charge >= 0.3 is 0 Å². The van der Waals surface area contributed by atoms with Crippen LogP contribution in [0.3, 0.4) is 0 Å². The lowest BCUT2D eigenvalue weighted by Crippen LogP contribution is -2.68. The van der Waals surface area contributed by atoms with Gasteiger partial charge in [-0.1, -0.05) is 0 Å². The van der Waals surface area contributed by atoms with Crippen LogP contribution >= 0.6 is 0 Å². The molecule has 2 heterocycles. The summed E-state index contributed by atoms with van der Waals surface area (Å²) >= 11 is 0. The molecule has 15 nitrogen and oxygen atoms in total. The van der Waals surface area contributed by atoms with Crippen molar-refractivity contribution < 1.29 is 49.2 Å². The van der Waals surface area contributed by atoms with Crippen molar-refractivity contribution in [1.82, 2.24) is 0 Å². The normalized spacial score (nSPS) is 49.9. The fourth-order valence-electron chi connectivity index (χ4n) is 4.56. The highest BCUT2D eigenvalue weighted by molar-refractivity contribution is 5.01. The van der Waals surface area contributed by atoms with Crippen LogP contribution < -0.4 is 28.7 Å². The van der Waals surface area contributed by atoms with Crippen molar-refractivity contribution in [3.05, 3.63) is 0 Å². The minimum absolute atomic E-state index is 0.107. The number of ether oxygens (including phenoxy) is 5. The smallest absolute Gasteiger partial charge is 0.187 e. The number of rotatable bonds is 9. The van der Waals surface area contributed by atoms with E-state index in [-0.39, 0.29) is 26.1 Å². The van der Waals surface area contributed by atoms with Gasteiger partial charge in [0.2, 0.25) is 0 Å². The van der Waals surface area contributed by atoms with E-state index in [0.717, 1.165) is 0 Å². The molecule has 0 spiro atoms. The summed E-state index contributed by atoms with van der Waals surface area (Å²) in [4.78, 5) is 0. The molecule has 34 heavy (non-hydrogen) atoms. The van der Waals surface area contributed by atoms with Gasteiger partial charge in [0.15, 0.2) is 12.6 Å². The fourth-order valence-corrected chi connectivity index (χ4v) is 4.56. The first kappa shape index (κ1) is 28.0. The number of aliphatic hydroxyl groups excluding tert-OH is 5. The summed E-state index contributed by atoms with van der Waals surface area (Å²) in [5.74, 6) is 0. The Bertz CT molecular complexity index is 638. The van der Waals surface area contributed by atoms with E-state index < -0.39 is 92.2 Å². The van der Waals surface area contributed by atoms with Gasteiger partial charge in [-0.25, -0.2) is 0 Å². The molecule has 3 fully saturated rings. The van der Waals surface area contributed by atoms with Crippen LogP contribution in [-0.4, -0.2) is 137 Å². The second-order valence-corrected chi connectivity index (χ2v) is 8.93. The van der Waals surface area contributed by atoms with E-state index in [4.69, 9.17) is 52.4 Å². The lowest BCUT2D eigenvalue weighted by molar-refractivity contribution is -0.306. The summed E-state index contributed by atoms with van der Waals surface area (Å²) in [6.45, 7) is -0.247. The predicted molar refractivity (Wildman–Crippen MR) is 115 cm³/mol. The number of hydrogen-bond donors (Lipinski definition) is 10. The maximum atomic E-state index is 10.8. The second kappa shape index (κ2) is 12.1. The molecule has 0 aromatic rings. The zero-order valence-corrected chi connectivity index (χ0v) is 18.8. The van der Waals surface area contributed by atoms with Gasteiger partial charge in [0.05, 0.1) is 25.4 Å². The monoisotopic (exact) mass is 497 g/mol. The Morgan fingerprint density at radius 3 is 2.00 bits per heavy atom. The molecule has 0 aromatic heterocycles. The van der Waals surface area contributed by atoms with Crippen LogP contribution in [0.1, 0.15) is 6.42 Å². The van der Waals surface area contributed by atoms with E-state index in [1.807, 2.05) is 0 Å². The zero-order chi connectivity index (χ0) is 25.2. The van der Waals surface area contributed by atoms with Crippen molar-refractivity contribution in [1.29, 1.82) is 0 Å². The van der Waals surface area contributed by atoms with Gasteiger partial charge < -0.3 is 77.9 Å². The van der Waals surface area contributed by atoms with E-state index >= 15 is 0 Å². The Morgan fingerprint density at radius 2 is 1.38 bits per heavy atom. The Morgan fingerprint density at radius 1 is 0.735 bits per heavy atom. The third kappa shape index (κ3) is 5.69. The number of hydrogen-bond acceptors (Lipinski definition) is 15. The Hall–Kier alpha value is -0.600. The topological polar surface area (TPSA) is 277 Å². The van der Waals surface area contributed by atoms with Gasteiger partial charge in [-0.2, -0.15) is 0 Å². The van der Waals surface area contributed by atoms with Crippen LogP contribution in [0.15, 0.2) is 0 Å². The lowest BCUT2D eigenvalue weighted by Gasteiger charge is -2.47. The molecule has 0 amide bonds. The number of aliphatic hydroxyl groups is 5. The quantitative estimate of drug-likeness (QED) is 0.142. The average Bonchev–Trinajstić information content (AvgIpc) is 3.12. The van der Waals surface area contributed by atoms with Crippen LogP contribution in [0.2, 0.25) is 0 Å². The predicted octanol–water partition coefficient (Wildman–Crippen LogP) is -6.67. The molecule has 1 aliphatic carbocycles. The van der Waals surface area contributed by atoms with Gasteiger partial charge in [0.25, 0.3) is 0 Å². The summed E-state index contributed by atoms with van der Waals surface area (Å²) in [6, 6.07) is -2.68. The van der Waals surface area contributed by atoms with E-state index in [2.05, 4.69) is 0 Å². The molecular weight excluding hydrogens is 458 g/mol. The third-order valence-corrected chi connectivity index (χ3v) is 6.53. The minimum Gasteiger partial charge on any atom is -0.394 e. The first-order valence-corrected chi connectivity index (χ1v) is 11.4. The van der Waals surface area contributed by atoms with Crippen LogP contribution in [-0.2, 0) is 23.7 Å². The molecule has 14 atom stereocenters. The molecule has 0 radical (unpaired) electrons. The Kier molecular flexibility index (Phi) is 9.95. The van der Waals surface area contributed by atoms with Gasteiger partial charge in [-0.3, -0.25) is 0 Å². The minimum atomic E-state index is -1.38. The second-order valence-electron chi connectivity index (χ2n) is 8.93. The fraction of sp³-hybridized carbons (Fsp3) is 1.00. The summed E-state index contributed by atoms with van der Waals surface area (Å²) in [7, 11) is 0. The summed E-state index contributed by atoms with van der Waals surface area (Å²) in [5, 5.41) is 51.4. The molecule has 15 N–H and O–H groups in total. The zero-order valence-electron chi connectivity index (χ0n) is 18.8. The Labute approximate surface area is 197 Å². The van der Waals surface area contributed by atoms with Crippen molar-refractivity contribution in [2.24, 2.45) is 28.7 Å². The maximum absolute atomic E-state index is 10.8.